The van der Waals surface area contributed by atoms with E-state index < -0.39 is 0 Å². The second kappa shape index (κ2) is 8.11. The zero-order valence-corrected chi connectivity index (χ0v) is 14.5. The summed E-state index contributed by atoms with van der Waals surface area (Å²) in [6.07, 6.45) is 0.165. The standard InChI is InChI=1S/C20H20N4O2/c1-14-6-4-11-18(22-14)24-19(25)12-13-21-20(26)23-17-10-5-8-15-7-2-3-9-16(15)17/h2-11H,12-13H2,1H3,(H2,21,23,26)(H,22,24,25). The number of urea groups is 1. The maximum atomic E-state index is 12.1. The fourth-order valence-electron chi connectivity index (χ4n) is 2.61. The third kappa shape index (κ3) is 4.57. The van der Waals surface area contributed by atoms with Crippen LogP contribution in [0.15, 0.2) is 60.7 Å². The zero-order valence-electron chi connectivity index (χ0n) is 14.5. The molecule has 0 atom stereocenters. The number of anilines is 2. The molecule has 0 aliphatic heterocycles. The summed E-state index contributed by atoms with van der Waals surface area (Å²) in [7, 11) is 0. The van der Waals surface area contributed by atoms with E-state index >= 15 is 0 Å². The van der Waals surface area contributed by atoms with Crippen molar-refractivity contribution < 1.29 is 9.59 Å². The van der Waals surface area contributed by atoms with Crippen LogP contribution in [-0.4, -0.2) is 23.5 Å². The molecule has 6 nitrogen and oxygen atoms in total. The average molecular weight is 348 g/mol. The van der Waals surface area contributed by atoms with Crippen molar-refractivity contribution in [2.75, 3.05) is 17.2 Å². The second-order valence-corrected chi connectivity index (χ2v) is 5.87. The maximum absolute atomic E-state index is 12.1. The molecule has 0 saturated carbocycles. The summed E-state index contributed by atoms with van der Waals surface area (Å²) in [5.41, 5.74) is 1.56. The van der Waals surface area contributed by atoms with Crippen molar-refractivity contribution in [1.82, 2.24) is 10.3 Å². The number of carbonyl (C=O) groups is 2. The highest BCUT2D eigenvalue weighted by Gasteiger charge is 2.07. The third-order valence-electron chi connectivity index (χ3n) is 3.83. The average Bonchev–Trinajstić information content (AvgIpc) is 2.62. The van der Waals surface area contributed by atoms with Crippen LogP contribution in [0.5, 0.6) is 0 Å². The largest absolute Gasteiger partial charge is 0.337 e. The number of rotatable bonds is 5. The van der Waals surface area contributed by atoms with Gasteiger partial charge in [0, 0.05) is 24.0 Å². The first-order valence-corrected chi connectivity index (χ1v) is 8.38. The SMILES string of the molecule is Cc1cccc(NC(=O)CCNC(=O)Nc2cccc3ccccc23)n1. The third-order valence-corrected chi connectivity index (χ3v) is 3.83. The molecule has 0 aliphatic rings. The Morgan fingerprint density at radius 3 is 2.54 bits per heavy atom. The van der Waals surface area contributed by atoms with Crippen LogP contribution in [0.1, 0.15) is 12.1 Å². The minimum Gasteiger partial charge on any atom is -0.337 e. The molecule has 3 amide bonds. The lowest BCUT2D eigenvalue weighted by atomic mass is 10.1. The van der Waals surface area contributed by atoms with Crippen LogP contribution in [0.25, 0.3) is 10.8 Å². The van der Waals surface area contributed by atoms with Crippen molar-refractivity contribution >= 4 is 34.2 Å². The predicted octanol–water partition coefficient (Wildman–Crippen LogP) is 3.69. The van der Waals surface area contributed by atoms with Crippen LogP contribution in [-0.2, 0) is 4.79 Å². The van der Waals surface area contributed by atoms with E-state index in [-0.39, 0.29) is 24.9 Å². The Kier molecular flexibility index (Phi) is 5.43. The van der Waals surface area contributed by atoms with Crippen molar-refractivity contribution in [3.05, 3.63) is 66.4 Å². The molecule has 0 bridgehead atoms. The molecular weight excluding hydrogens is 328 g/mol. The van der Waals surface area contributed by atoms with Gasteiger partial charge in [-0.2, -0.15) is 0 Å². The van der Waals surface area contributed by atoms with Gasteiger partial charge in [-0.3, -0.25) is 4.79 Å². The lowest BCUT2D eigenvalue weighted by molar-refractivity contribution is -0.116. The molecule has 0 unspecified atom stereocenters. The molecule has 0 radical (unpaired) electrons. The molecule has 1 heterocycles. The molecule has 26 heavy (non-hydrogen) atoms. The molecule has 0 fully saturated rings. The molecule has 132 valence electrons. The van der Waals surface area contributed by atoms with Gasteiger partial charge in [0.15, 0.2) is 0 Å². The van der Waals surface area contributed by atoms with E-state index in [1.54, 1.807) is 6.07 Å². The highest BCUT2D eigenvalue weighted by atomic mass is 16.2. The van der Waals surface area contributed by atoms with Gasteiger partial charge in [-0.1, -0.05) is 42.5 Å². The Morgan fingerprint density at radius 1 is 0.923 bits per heavy atom. The predicted molar refractivity (Wildman–Crippen MR) is 103 cm³/mol. The Hall–Kier alpha value is -3.41. The van der Waals surface area contributed by atoms with E-state index in [0.717, 1.165) is 22.2 Å². The molecule has 1 aromatic heterocycles. The van der Waals surface area contributed by atoms with E-state index in [2.05, 4.69) is 20.9 Å². The van der Waals surface area contributed by atoms with Gasteiger partial charge in [0.2, 0.25) is 5.91 Å². The second-order valence-electron chi connectivity index (χ2n) is 5.87. The number of aryl methyl sites for hydroxylation is 1. The molecule has 3 rings (SSSR count). The Bertz CT molecular complexity index is 935. The van der Waals surface area contributed by atoms with Gasteiger partial charge in [-0.15, -0.1) is 0 Å². The number of aromatic nitrogens is 1. The minimum atomic E-state index is -0.345. The number of hydrogen-bond donors (Lipinski definition) is 3. The van der Waals surface area contributed by atoms with Crippen LogP contribution in [0.2, 0.25) is 0 Å². The van der Waals surface area contributed by atoms with Gasteiger partial charge in [0.1, 0.15) is 5.82 Å². The van der Waals surface area contributed by atoms with Crippen LogP contribution < -0.4 is 16.0 Å². The first-order chi connectivity index (χ1) is 12.6. The van der Waals surface area contributed by atoms with Crippen molar-refractivity contribution in [3.63, 3.8) is 0 Å². The summed E-state index contributed by atoms with van der Waals surface area (Å²) in [6, 6.07) is 18.6. The van der Waals surface area contributed by atoms with Crippen molar-refractivity contribution in [2.24, 2.45) is 0 Å². The normalized spacial score (nSPS) is 10.3. The van der Waals surface area contributed by atoms with Gasteiger partial charge < -0.3 is 16.0 Å². The molecule has 3 N–H and O–H groups in total. The summed E-state index contributed by atoms with van der Waals surface area (Å²) in [6.45, 7) is 2.09. The number of nitrogens with zero attached hydrogens (tertiary/aromatic N) is 1. The van der Waals surface area contributed by atoms with Gasteiger partial charge in [0.25, 0.3) is 0 Å². The number of amides is 3. The highest BCUT2D eigenvalue weighted by Crippen LogP contribution is 2.22. The van der Waals surface area contributed by atoms with Crippen LogP contribution in [0.4, 0.5) is 16.3 Å². The van der Waals surface area contributed by atoms with E-state index in [0.29, 0.717) is 5.82 Å². The topological polar surface area (TPSA) is 83.1 Å². The van der Waals surface area contributed by atoms with Crippen LogP contribution in [0.3, 0.4) is 0 Å². The fraction of sp³-hybridized carbons (Fsp3) is 0.150. The first kappa shape index (κ1) is 17.4. The fourth-order valence-corrected chi connectivity index (χ4v) is 2.61. The van der Waals surface area contributed by atoms with Crippen LogP contribution in [0, 0.1) is 6.92 Å². The summed E-state index contributed by atoms with van der Waals surface area (Å²) < 4.78 is 0. The number of fused-ring (bicyclic) bond motifs is 1. The zero-order chi connectivity index (χ0) is 18.4. The highest BCUT2D eigenvalue weighted by molar-refractivity contribution is 6.01. The molecule has 3 aromatic rings. The molecular formula is C20H20N4O2. The number of pyridine rings is 1. The lowest BCUT2D eigenvalue weighted by Gasteiger charge is -2.10. The van der Waals surface area contributed by atoms with Crippen molar-refractivity contribution in [3.8, 4) is 0 Å². The van der Waals surface area contributed by atoms with Gasteiger partial charge in [0.05, 0.1) is 5.69 Å². The number of benzene rings is 2. The van der Waals surface area contributed by atoms with Gasteiger partial charge in [-0.25, -0.2) is 9.78 Å². The summed E-state index contributed by atoms with van der Waals surface area (Å²) >= 11 is 0. The Labute approximate surface area is 151 Å². The summed E-state index contributed by atoms with van der Waals surface area (Å²) in [5.74, 6) is 0.309. The van der Waals surface area contributed by atoms with Crippen molar-refractivity contribution in [2.45, 2.75) is 13.3 Å². The molecule has 0 spiro atoms. The summed E-state index contributed by atoms with van der Waals surface area (Å²) in [5, 5.41) is 10.2. The Balaban J connectivity index is 1.49. The number of nitrogens with one attached hydrogen (secondary N) is 3. The smallest absolute Gasteiger partial charge is 0.319 e. The van der Waals surface area contributed by atoms with Crippen LogP contribution >= 0.6 is 0 Å². The molecule has 0 saturated heterocycles. The van der Waals surface area contributed by atoms with Gasteiger partial charge >= 0.3 is 6.03 Å². The quantitative estimate of drug-likeness (QED) is 0.657. The molecule has 6 heteroatoms. The maximum Gasteiger partial charge on any atom is 0.319 e. The monoisotopic (exact) mass is 348 g/mol. The molecule has 2 aromatic carbocycles. The Morgan fingerprint density at radius 2 is 1.69 bits per heavy atom. The van der Waals surface area contributed by atoms with Crippen molar-refractivity contribution in [1.29, 1.82) is 0 Å². The number of carbonyl (C=O) groups excluding carboxylic acids is 2. The van der Waals surface area contributed by atoms with E-state index in [9.17, 15) is 9.59 Å². The van der Waals surface area contributed by atoms with Gasteiger partial charge in [-0.05, 0) is 30.5 Å². The first-order valence-electron chi connectivity index (χ1n) is 8.38. The molecule has 0 aliphatic carbocycles. The minimum absolute atomic E-state index is 0.165. The lowest BCUT2D eigenvalue weighted by Crippen LogP contribution is -2.31. The summed E-state index contributed by atoms with van der Waals surface area (Å²) in [4.78, 5) is 28.2. The number of hydrogen-bond acceptors (Lipinski definition) is 3. The van der Waals surface area contributed by atoms with E-state index in [1.807, 2.05) is 61.5 Å². The van der Waals surface area contributed by atoms with E-state index in [1.165, 1.54) is 0 Å². The van der Waals surface area contributed by atoms with E-state index in [4.69, 9.17) is 0 Å².